The Morgan fingerprint density at radius 2 is 1.90 bits per heavy atom. The van der Waals surface area contributed by atoms with Gasteiger partial charge in [0.2, 0.25) is 0 Å². The average molecular weight is 399 g/mol. The largest absolute Gasteiger partial charge is 0.389 e. The first-order chi connectivity index (χ1) is 9.47. The van der Waals surface area contributed by atoms with E-state index in [0.29, 0.717) is 0 Å². The number of nitrogens with zero attached hydrogens (tertiary/aromatic N) is 1. The van der Waals surface area contributed by atoms with Gasteiger partial charge in [-0.05, 0) is 58.2 Å². The molecule has 0 saturated heterocycles. The zero-order valence-corrected chi connectivity index (χ0v) is 14.6. The summed E-state index contributed by atoms with van der Waals surface area (Å²) in [5.74, 6) is 0. The van der Waals surface area contributed by atoms with Gasteiger partial charge in [-0.1, -0.05) is 34.1 Å². The van der Waals surface area contributed by atoms with Gasteiger partial charge >= 0.3 is 0 Å². The minimum atomic E-state index is -0.448. The number of hydrogen-bond acceptors (Lipinski definition) is 2. The van der Waals surface area contributed by atoms with Gasteiger partial charge in [-0.3, -0.25) is 0 Å². The number of rotatable bonds is 4. The van der Waals surface area contributed by atoms with Crippen LogP contribution in [0, 0.1) is 0 Å². The van der Waals surface area contributed by atoms with Crippen LogP contribution in [0.4, 0.5) is 5.69 Å². The molecule has 0 aliphatic carbocycles. The van der Waals surface area contributed by atoms with Crippen molar-refractivity contribution < 1.29 is 5.11 Å². The SMILES string of the molecule is CC(O)c1ccc(N(C)Cc2cccc(Br)c2)c(Br)c1. The van der Waals surface area contributed by atoms with Crippen LogP contribution in [-0.2, 0) is 6.54 Å². The van der Waals surface area contributed by atoms with Crippen molar-refractivity contribution >= 4 is 37.5 Å². The molecule has 2 nitrogen and oxygen atoms in total. The summed E-state index contributed by atoms with van der Waals surface area (Å²) in [6, 6.07) is 14.3. The van der Waals surface area contributed by atoms with E-state index in [0.717, 1.165) is 26.7 Å². The van der Waals surface area contributed by atoms with Crippen molar-refractivity contribution in [1.82, 2.24) is 0 Å². The first kappa shape index (κ1) is 15.5. The zero-order valence-electron chi connectivity index (χ0n) is 11.5. The topological polar surface area (TPSA) is 23.5 Å². The summed E-state index contributed by atoms with van der Waals surface area (Å²) in [7, 11) is 2.06. The van der Waals surface area contributed by atoms with Gasteiger partial charge in [0.1, 0.15) is 0 Å². The van der Waals surface area contributed by atoms with Gasteiger partial charge in [0.15, 0.2) is 0 Å². The second kappa shape index (κ2) is 6.74. The predicted molar refractivity (Wildman–Crippen MR) is 91.0 cm³/mol. The van der Waals surface area contributed by atoms with E-state index in [9.17, 15) is 5.11 Å². The predicted octanol–water partition coefficient (Wildman–Crippen LogP) is 4.90. The summed E-state index contributed by atoms with van der Waals surface area (Å²) in [5, 5.41) is 9.60. The molecule has 20 heavy (non-hydrogen) atoms. The summed E-state index contributed by atoms with van der Waals surface area (Å²) in [5.41, 5.74) is 3.26. The molecule has 2 aromatic rings. The van der Waals surface area contributed by atoms with Crippen molar-refractivity contribution in [3.05, 3.63) is 62.5 Å². The van der Waals surface area contributed by atoms with Gasteiger partial charge < -0.3 is 10.0 Å². The molecule has 2 rings (SSSR count). The van der Waals surface area contributed by atoms with E-state index in [1.165, 1.54) is 5.56 Å². The maximum Gasteiger partial charge on any atom is 0.0762 e. The van der Waals surface area contributed by atoms with Crippen LogP contribution >= 0.6 is 31.9 Å². The molecule has 0 bridgehead atoms. The summed E-state index contributed by atoms with van der Waals surface area (Å²) in [6.07, 6.45) is -0.448. The van der Waals surface area contributed by atoms with Crippen molar-refractivity contribution in [3.63, 3.8) is 0 Å². The Labute approximate surface area is 136 Å². The van der Waals surface area contributed by atoms with Crippen molar-refractivity contribution in [1.29, 1.82) is 0 Å². The third-order valence-electron chi connectivity index (χ3n) is 3.17. The lowest BCUT2D eigenvalue weighted by Crippen LogP contribution is -2.17. The van der Waals surface area contributed by atoms with Gasteiger partial charge in [-0.25, -0.2) is 0 Å². The molecule has 0 aromatic heterocycles. The zero-order chi connectivity index (χ0) is 14.7. The fourth-order valence-electron chi connectivity index (χ4n) is 2.09. The molecule has 4 heteroatoms. The van der Waals surface area contributed by atoms with Crippen LogP contribution in [0.2, 0.25) is 0 Å². The molecule has 2 aromatic carbocycles. The first-order valence-corrected chi connectivity index (χ1v) is 7.99. The minimum Gasteiger partial charge on any atom is -0.389 e. The number of benzene rings is 2. The molecular formula is C16H17Br2NO. The quantitative estimate of drug-likeness (QED) is 0.791. The normalized spacial score (nSPS) is 12.2. The van der Waals surface area contributed by atoms with Crippen molar-refractivity contribution in [2.75, 3.05) is 11.9 Å². The van der Waals surface area contributed by atoms with E-state index >= 15 is 0 Å². The Hall–Kier alpha value is -0.840. The fraction of sp³-hybridized carbons (Fsp3) is 0.250. The Bertz CT molecular complexity index is 599. The summed E-state index contributed by atoms with van der Waals surface area (Å²) < 4.78 is 2.08. The molecule has 1 unspecified atom stereocenters. The lowest BCUT2D eigenvalue weighted by atomic mass is 10.1. The number of anilines is 1. The van der Waals surface area contributed by atoms with E-state index < -0.39 is 6.10 Å². The monoisotopic (exact) mass is 397 g/mol. The summed E-state index contributed by atoms with van der Waals surface area (Å²) >= 11 is 7.07. The highest BCUT2D eigenvalue weighted by Crippen LogP contribution is 2.29. The van der Waals surface area contributed by atoms with Gasteiger partial charge in [0, 0.05) is 22.5 Å². The van der Waals surface area contributed by atoms with E-state index in [-0.39, 0.29) is 0 Å². The number of hydrogen-bond donors (Lipinski definition) is 1. The van der Waals surface area contributed by atoms with Crippen LogP contribution < -0.4 is 4.90 Å². The van der Waals surface area contributed by atoms with Crippen LogP contribution in [0.3, 0.4) is 0 Å². The highest BCUT2D eigenvalue weighted by Gasteiger charge is 2.09. The Kier molecular flexibility index (Phi) is 5.24. The van der Waals surface area contributed by atoms with E-state index in [1.807, 2.05) is 30.3 Å². The fourth-order valence-corrected chi connectivity index (χ4v) is 3.23. The second-order valence-corrected chi connectivity index (χ2v) is 6.64. The molecule has 0 radical (unpaired) electrons. The average Bonchev–Trinajstić information content (AvgIpc) is 2.38. The number of halogens is 2. The second-order valence-electron chi connectivity index (χ2n) is 4.87. The Morgan fingerprint density at radius 1 is 1.15 bits per heavy atom. The van der Waals surface area contributed by atoms with Crippen LogP contribution in [-0.4, -0.2) is 12.2 Å². The maximum absolute atomic E-state index is 9.60. The van der Waals surface area contributed by atoms with Crippen LogP contribution in [0.25, 0.3) is 0 Å². The molecular weight excluding hydrogens is 382 g/mol. The van der Waals surface area contributed by atoms with Crippen molar-refractivity contribution in [2.45, 2.75) is 19.6 Å². The molecule has 0 heterocycles. The summed E-state index contributed by atoms with van der Waals surface area (Å²) in [4.78, 5) is 2.18. The third-order valence-corrected chi connectivity index (χ3v) is 4.30. The van der Waals surface area contributed by atoms with Gasteiger partial charge in [0.05, 0.1) is 11.8 Å². The first-order valence-electron chi connectivity index (χ1n) is 6.40. The highest BCUT2D eigenvalue weighted by molar-refractivity contribution is 9.10. The molecule has 0 fully saturated rings. The van der Waals surface area contributed by atoms with Crippen molar-refractivity contribution in [3.8, 4) is 0 Å². The third kappa shape index (κ3) is 3.84. The smallest absolute Gasteiger partial charge is 0.0762 e. The maximum atomic E-state index is 9.60. The van der Waals surface area contributed by atoms with Gasteiger partial charge in [-0.2, -0.15) is 0 Å². The molecule has 0 aliphatic heterocycles. The van der Waals surface area contributed by atoms with Crippen LogP contribution in [0.1, 0.15) is 24.2 Å². The Balaban J connectivity index is 2.19. The van der Waals surface area contributed by atoms with Gasteiger partial charge in [0.25, 0.3) is 0 Å². The lowest BCUT2D eigenvalue weighted by molar-refractivity contribution is 0.199. The molecule has 1 N–H and O–H groups in total. The molecule has 0 amide bonds. The van der Waals surface area contributed by atoms with E-state index in [4.69, 9.17) is 0 Å². The van der Waals surface area contributed by atoms with E-state index in [2.05, 4.69) is 55.9 Å². The lowest BCUT2D eigenvalue weighted by Gasteiger charge is -2.22. The standard InChI is InChI=1S/C16H17Br2NO/c1-11(20)13-6-7-16(15(18)9-13)19(2)10-12-4-3-5-14(17)8-12/h3-9,11,20H,10H2,1-2H3. The molecule has 106 valence electrons. The number of aliphatic hydroxyl groups excluding tert-OH is 1. The summed E-state index contributed by atoms with van der Waals surface area (Å²) in [6.45, 7) is 2.60. The van der Waals surface area contributed by atoms with Crippen LogP contribution in [0.5, 0.6) is 0 Å². The van der Waals surface area contributed by atoms with Crippen LogP contribution in [0.15, 0.2) is 51.4 Å². The molecule has 0 spiro atoms. The van der Waals surface area contributed by atoms with Crippen molar-refractivity contribution in [2.24, 2.45) is 0 Å². The number of aliphatic hydroxyl groups is 1. The molecule has 0 saturated carbocycles. The molecule has 1 atom stereocenters. The Morgan fingerprint density at radius 3 is 2.50 bits per heavy atom. The van der Waals surface area contributed by atoms with E-state index in [1.54, 1.807) is 6.92 Å². The molecule has 0 aliphatic rings. The minimum absolute atomic E-state index is 0.448. The highest BCUT2D eigenvalue weighted by atomic mass is 79.9. The van der Waals surface area contributed by atoms with Gasteiger partial charge in [-0.15, -0.1) is 0 Å².